The molecule has 2 heterocycles. The fraction of sp³-hybridized carbons (Fsp3) is 0.556. The summed E-state index contributed by atoms with van der Waals surface area (Å²) in [5, 5.41) is 12.8. The maximum absolute atomic E-state index is 12.5. The summed E-state index contributed by atoms with van der Waals surface area (Å²) in [6.07, 6.45) is 5.21. The van der Waals surface area contributed by atoms with E-state index in [1.807, 2.05) is 0 Å². The quantitative estimate of drug-likeness (QED) is 0.561. The molecular weight excluding hydrogens is 384 g/mol. The third kappa shape index (κ3) is 3.62. The Morgan fingerprint density at radius 3 is 2.85 bits per heavy atom. The Hall–Kier alpha value is -1.87. The molecule has 0 aromatic carbocycles. The van der Waals surface area contributed by atoms with Crippen molar-refractivity contribution in [3.63, 3.8) is 0 Å². The standard InChI is InChI=1S/C18H22N4O3S2/c1-3-22-15(10-7-8-10)20-21-18(22)26-9-13(23)19-16-14(17(24)25-2)11-5-4-6-12(11)27-16/h10H,3-9H2,1-2H3,(H,19,23). The number of hydrogen-bond donors (Lipinski definition) is 1. The fourth-order valence-electron chi connectivity index (χ4n) is 3.45. The van der Waals surface area contributed by atoms with Crippen LogP contribution in [0.25, 0.3) is 0 Å². The summed E-state index contributed by atoms with van der Waals surface area (Å²) in [5.74, 6) is 1.26. The predicted octanol–water partition coefficient (Wildman–Crippen LogP) is 3.24. The molecule has 0 atom stereocenters. The smallest absolute Gasteiger partial charge is 0.341 e. The van der Waals surface area contributed by atoms with Crippen molar-refractivity contribution >= 4 is 40.0 Å². The molecule has 0 spiro atoms. The lowest BCUT2D eigenvalue weighted by Crippen LogP contribution is -2.16. The van der Waals surface area contributed by atoms with E-state index in [4.69, 9.17) is 4.74 Å². The Balaban J connectivity index is 1.44. The van der Waals surface area contributed by atoms with Crippen LogP contribution in [0.2, 0.25) is 0 Å². The molecule has 2 aliphatic carbocycles. The average molecular weight is 407 g/mol. The van der Waals surface area contributed by atoms with Gasteiger partial charge in [0.15, 0.2) is 5.16 Å². The first-order valence-corrected chi connectivity index (χ1v) is 11.0. The number of esters is 1. The molecule has 144 valence electrons. The zero-order valence-corrected chi connectivity index (χ0v) is 17.0. The highest BCUT2D eigenvalue weighted by molar-refractivity contribution is 7.99. The SMILES string of the molecule is CCn1c(SCC(=O)Nc2sc3c(c2C(=O)OC)CCC3)nnc1C1CC1. The number of amides is 1. The Morgan fingerprint density at radius 2 is 2.15 bits per heavy atom. The van der Waals surface area contributed by atoms with E-state index in [1.165, 1.54) is 47.9 Å². The number of thioether (sulfide) groups is 1. The monoisotopic (exact) mass is 406 g/mol. The molecule has 0 aliphatic heterocycles. The van der Waals surface area contributed by atoms with Crippen molar-refractivity contribution in [2.24, 2.45) is 0 Å². The number of ether oxygens (including phenoxy) is 1. The van der Waals surface area contributed by atoms with Gasteiger partial charge in [0.1, 0.15) is 10.8 Å². The third-order valence-electron chi connectivity index (χ3n) is 4.90. The Kier molecular flexibility index (Phi) is 5.23. The minimum atomic E-state index is -0.378. The van der Waals surface area contributed by atoms with E-state index in [0.717, 1.165) is 42.4 Å². The Bertz CT molecular complexity index is 886. The van der Waals surface area contributed by atoms with Crippen LogP contribution in [-0.4, -0.2) is 39.5 Å². The van der Waals surface area contributed by atoms with Crippen molar-refractivity contribution in [1.29, 1.82) is 0 Å². The molecule has 1 N–H and O–H groups in total. The summed E-state index contributed by atoms with van der Waals surface area (Å²) in [6.45, 7) is 2.86. The first kappa shape index (κ1) is 18.5. The van der Waals surface area contributed by atoms with Gasteiger partial charge in [-0.05, 0) is 44.6 Å². The molecule has 7 nitrogen and oxygen atoms in total. The molecule has 1 saturated carbocycles. The zero-order chi connectivity index (χ0) is 19.0. The maximum Gasteiger partial charge on any atom is 0.341 e. The second-order valence-electron chi connectivity index (χ2n) is 6.75. The molecule has 27 heavy (non-hydrogen) atoms. The predicted molar refractivity (Wildman–Crippen MR) is 105 cm³/mol. The highest BCUT2D eigenvalue weighted by Crippen LogP contribution is 2.41. The van der Waals surface area contributed by atoms with Crippen LogP contribution in [-0.2, 0) is 28.9 Å². The number of aryl methyl sites for hydroxylation is 1. The molecule has 0 unspecified atom stereocenters. The van der Waals surface area contributed by atoms with Crippen molar-refractivity contribution in [2.75, 3.05) is 18.2 Å². The summed E-state index contributed by atoms with van der Waals surface area (Å²) in [7, 11) is 1.37. The topological polar surface area (TPSA) is 86.1 Å². The summed E-state index contributed by atoms with van der Waals surface area (Å²) < 4.78 is 7.01. The first-order valence-electron chi connectivity index (χ1n) is 9.21. The summed E-state index contributed by atoms with van der Waals surface area (Å²) in [4.78, 5) is 25.9. The lowest BCUT2D eigenvalue weighted by atomic mass is 10.1. The lowest BCUT2D eigenvalue weighted by Gasteiger charge is -2.08. The van der Waals surface area contributed by atoms with Crippen molar-refractivity contribution in [2.45, 2.75) is 56.6 Å². The zero-order valence-electron chi connectivity index (χ0n) is 15.4. The number of anilines is 1. The van der Waals surface area contributed by atoms with Crippen molar-refractivity contribution in [1.82, 2.24) is 14.8 Å². The summed E-state index contributed by atoms with van der Waals surface area (Å²) in [6, 6.07) is 0. The number of nitrogens with one attached hydrogen (secondary N) is 1. The minimum Gasteiger partial charge on any atom is -0.465 e. The number of aromatic nitrogens is 3. The van der Waals surface area contributed by atoms with Gasteiger partial charge >= 0.3 is 5.97 Å². The lowest BCUT2D eigenvalue weighted by molar-refractivity contribution is -0.113. The van der Waals surface area contributed by atoms with Gasteiger partial charge in [-0.1, -0.05) is 11.8 Å². The average Bonchev–Trinajstić information content (AvgIpc) is 3.11. The molecule has 0 radical (unpaired) electrons. The Labute approximate surface area is 165 Å². The summed E-state index contributed by atoms with van der Waals surface area (Å²) >= 11 is 2.87. The fourth-order valence-corrected chi connectivity index (χ4v) is 5.55. The minimum absolute atomic E-state index is 0.149. The van der Waals surface area contributed by atoms with Crippen LogP contribution < -0.4 is 5.32 Å². The molecule has 4 rings (SSSR count). The molecule has 0 saturated heterocycles. The van der Waals surface area contributed by atoms with Crippen LogP contribution in [0.15, 0.2) is 5.16 Å². The number of carbonyl (C=O) groups excluding carboxylic acids is 2. The van der Waals surface area contributed by atoms with E-state index in [9.17, 15) is 9.59 Å². The van der Waals surface area contributed by atoms with Gasteiger partial charge in [0, 0.05) is 17.3 Å². The largest absolute Gasteiger partial charge is 0.465 e. The van der Waals surface area contributed by atoms with Gasteiger partial charge in [-0.25, -0.2) is 4.79 Å². The van der Waals surface area contributed by atoms with E-state index in [1.54, 1.807) is 0 Å². The van der Waals surface area contributed by atoms with Crippen molar-refractivity contribution < 1.29 is 14.3 Å². The molecule has 0 bridgehead atoms. The van der Waals surface area contributed by atoms with Gasteiger partial charge in [-0.2, -0.15) is 0 Å². The van der Waals surface area contributed by atoms with E-state index in [2.05, 4.69) is 27.0 Å². The van der Waals surface area contributed by atoms with E-state index in [-0.39, 0.29) is 17.6 Å². The number of rotatable bonds is 7. The molecular formula is C18H22N4O3S2. The molecule has 1 fully saturated rings. The van der Waals surface area contributed by atoms with Gasteiger partial charge in [0.25, 0.3) is 0 Å². The summed E-state index contributed by atoms with van der Waals surface area (Å²) in [5.41, 5.74) is 1.57. The second kappa shape index (κ2) is 7.63. The molecule has 1 amide bonds. The van der Waals surface area contributed by atoms with Gasteiger partial charge < -0.3 is 14.6 Å². The molecule has 2 aromatic heterocycles. The Morgan fingerprint density at radius 1 is 1.33 bits per heavy atom. The second-order valence-corrected chi connectivity index (χ2v) is 8.80. The maximum atomic E-state index is 12.5. The normalized spacial score (nSPS) is 15.6. The number of thiophene rings is 1. The van der Waals surface area contributed by atoms with E-state index in [0.29, 0.717) is 16.5 Å². The highest BCUT2D eigenvalue weighted by Gasteiger charge is 2.30. The number of nitrogens with zero attached hydrogens (tertiary/aromatic N) is 3. The van der Waals surface area contributed by atoms with Crippen LogP contribution in [0.3, 0.4) is 0 Å². The number of fused-ring (bicyclic) bond motifs is 1. The number of methoxy groups -OCH3 is 1. The van der Waals surface area contributed by atoms with Gasteiger partial charge in [0.2, 0.25) is 5.91 Å². The number of carbonyl (C=O) groups is 2. The van der Waals surface area contributed by atoms with E-state index < -0.39 is 0 Å². The van der Waals surface area contributed by atoms with Crippen LogP contribution in [0.1, 0.15) is 58.7 Å². The van der Waals surface area contributed by atoms with Crippen LogP contribution >= 0.6 is 23.1 Å². The van der Waals surface area contributed by atoms with Crippen LogP contribution in [0.5, 0.6) is 0 Å². The van der Waals surface area contributed by atoms with Gasteiger partial charge in [-0.15, -0.1) is 21.5 Å². The molecule has 9 heteroatoms. The third-order valence-corrected chi connectivity index (χ3v) is 7.07. The first-order chi connectivity index (χ1) is 13.1. The molecule has 2 aliphatic rings. The van der Waals surface area contributed by atoms with Crippen LogP contribution in [0, 0.1) is 0 Å². The van der Waals surface area contributed by atoms with Crippen molar-refractivity contribution in [3.05, 3.63) is 21.8 Å². The highest BCUT2D eigenvalue weighted by atomic mass is 32.2. The van der Waals surface area contributed by atoms with Crippen LogP contribution in [0.4, 0.5) is 5.00 Å². The van der Waals surface area contributed by atoms with Gasteiger partial charge in [0.05, 0.1) is 18.4 Å². The molecule has 2 aromatic rings. The van der Waals surface area contributed by atoms with E-state index >= 15 is 0 Å². The number of hydrogen-bond acceptors (Lipinski definition) is 7. The van der Waals surface area contributed by atoms with Gasteiger partial charge in [-0.3, -0.25) is 4.79 Å². The van der Waals surface area contributed by atoms with Crippen molar-refractivity contribution in [3.8, 4) is 0 Å².